The number of carbonyl (C=O) groups excluding carboxylic acids is 1. The highest BCUT2D eigenvalue weighted by Crippen LogP contribution is 2.07. The quantitative estimate of drug-likeness (QED) is 0.623. The third-order valence-electron chi connectivity index (χ3n) is 2.64. The minimum Gasteiger partial charge on any atom is -0.476 e. The van der Waals surface area contributed by atoms with Gasteiger partial charge in [-0.15, -0.1) is 5.10 Å². The standard InChI is InChI=1S/C10H15N5O3S/c16-9(8-6-19-4-2-11-8)12-1-3-15-5-7(10(17)18)13-14-15/h5,8,11H,1-4,6H2,(H,12,16)(H,17,18). The molecule has 1 saturated heterocycles. The van der Waals surface area contributed by atoms with E-state index in [-0.39, 0.29) is 17.6 Å². The summed E-state index contributed by atoms with van der Waals surface area (Å²) in [4.78, 5) is 22.4. The van der Waals surface area contributed by atoms with Crippen molar-refractivity contribution in [2.45, 2.75) is 12.6 Å². The normalized spacial score (nSPS) is 19.1. The molecule has 0 radical (unpaired) electrons. The fourth-order valence-corrected chi connectivity index (χ4v) is 2.59. The molecule has 1 amide bonds. The van der Waals surface area contributed by atoms with Crippen molar-refractivity contribution in [3.05, 3.63) is 11.9 Å². The second-order valence-electron chi connectivity index (χ2n) is 4.04. The van der Waals surface area contributed by atoms with Gasteiger partial charge in [0, 0.05) is 24.6 Å². The zero-order chi connectivity index (χ0) is 13.7. The van der Waals surface area contributed by atoms with E-state index in [2.05, 4.69) is 20.9 Å². The molecule has 0 bridgehead atoms. The van der Waals surface area contributed by atoms with E-state index in [1.165, 1.54) is 10.9 Å². The van der Waals surface area contributed by atoms with Crippen LogP contribution in [0.5, 0.6) is 0 Å². The summed E-state index contributed by atoms with van der Waals surface area (Å²) in [5.41, 5.74) is -0.100. The zero-order valence-electron chi connectivity index (χ0n) is 10.2. The molecule has 1 fully saturated rings. The molecule has 0 aliphatic carbocycles. The number of rotatable bonds is 5. The van der Waals surface area contributed by atoms with Gasteiger partial charge in [0.05, 0.1) is 18.8 Å². The van der Waals surface area contributed by atoms with Crippen LogP contribution in [0.3, 0.4) is 0 Å². The second kappa shape index (κ2) is 6.53. The molecule has 3 N–H and O–H groups in total. The third-order valence-corrected chi connectivity index (χ3v) is 3.70. The lowest BCUT2D eigenvalue weighted by molar-refractivity contribution is -0.122. The molecule has 1 atom stereocenters. The number of aromatic carboxylic acids is 1. The van der Waals surface area contributed by atoms with E-state index >= 15 is 0 Å². The average Bonchev–Trinajstić information content (AvgIpc) is 2.89. The number of aromatic nitrogens is 3. The average molecular weight is 285 g/mol. The molecular weight excluding hydrogens is 270 g/mol. The van der Waals surface area contributed by atoms with Crippen molar-refractivity contribution in [1.82, 2.24) is 25.6 Å². The SMILES string of the molecule is O=C(O)c1cn(CCNC(=O)C2CSCCN2)nn1. The highest BCUT2D eigenvalue weighted by Gasteiger charge is 2.20. The van der Waals surface area contributed by atoms with E-state index in [0.717, 1.165) is 18.1 Å². The molecule has 2 rings (SSSR count). The third kappa shape index (κ3) is 3.93. The van der Waals surface area contributed by atoms with E-state index in [1.807, 2.05) is 0 Å². The molecule has 8 nitrogen and oxygen atoms in total. The van der Waals surface area contributed by atoms with Gasteiger partial charge in [-0.25, -0.2) is 9.48 Å². The van der Waals surface area contributed by atoms with Crippen molar-refractivity contribution >= 4 is 23.6 Å². The van der Waals surface area contributed by atoms with E-state index in [0.29, 0.717) is 13.1 Å². The topological polar surface area (TPSA) is 109 Å². The fraction of sp³-hybridized carbons (Fsp3) is 0.600. The van der Waals surface area contributed by atoms with Crippen LogP contribution in [0.25, 0.3) is 0 Å². The van der Waals surface area contributed by atoms with E-state index < -0.39 is 5.97 Å². The molecule has 1 aromatic rings. The van der Waals surface area contributed by atoms with Gasteiger partial charge in [0.15, 0.2) is 5.69 Å². The van der Waals surface area contributed by atoms with Crippen LogP contribution in [0.15, 0.2) is 6.20 Å². The number of amides is 1. The van der Waals surface area contributed by atoms with Gasteiger partial charge in [-0.2, -0.15) is 11.8 Å². The van der Waals surface area contributed by atoms with Crippen molar-refractivity contribution in [3.63, 3.8) is 0 Å². The largest absolute Gasteiger partial charge is 0.476 e. The number of nitrogens with zero attached hydrogens (tertiary/aromatic N) is 3. The first-order chi connectivity index (χ1) is 9.16. The number of nitrogens with one attached hydrogen (secondary N) is 2. The maximum absolute atomic E-state index is 11.8. The van der Waals surface area contributed by atoms with Crippen LogP contribution in [0.1, 0.15) is 10.5 Å². The molecule has 2 heterocycles. The minimum absolute atomic E-state index is 0.0363. The molecule has 104 valence electrons. The fourth-order valence-electron chi connectivity index (χ4n) is 1.66. The number of thioether (sulfide) groups is 1. The van der Waals surface area contributed by atoms with Crippen LogP contribution in [0.2, 0.25) is 0 Å². The Bertz CT molecular complexity index is 458. The lowest BCUT2D eigenvalue weighted by Crippen LogP contribution is -2.49. The molecule has 9 heteroatoms. The second-order valence-corrected chi connectivity index (χ2v) is 5.19. The molecule has 0 aromatic carbocycles. The predicted molar refractivity (Wildman–Crippen MR) is 69.1 cm³/mol. The smallest absolute Gasteiger partial charge is 0.358 e. The summed E-state index contributed by atoms with van der Waals surface area (Å²) in [6.07, 6.45) is 1.34. The summed E-state index contributed by atoms with van der Waals surface area (Å²) < 4.78 is 1.40. The zero-order valence-corrected chi connectivity index (χ0v) is 11.0. The Kier molecular flexibility index (Phi) is 4.74. The molecule has 1 aromatic heterocycles. The summed E-state index contributed by atoms with van der Waals surface area (Å²) in [5, 5.41) is 21.8. The predicted octanol–water partition coefficient (Wildman–Crippen LogP) is -1.20. The van der Waals surface area contributed by atoms with Crippen molar-refractivity contribution in [3.8, 4) is 0 Å². The first-order valence-corrected chi connectivity index (χ1v) is 7.04. The number of hydrogen-bond acceptors (Lipinski definition) is 6. The van der Waals surface area contributed by atoms with Crippen LogP contribution >= 0.6 is 11.8 Å². The molecule has 1 aliphatic rings. The van der Waals surface area contributed by atoms with Crippen LogP contribution in [0.4, 0.5) is 0 Å². The molecule has 0 spiro atoms. The highest BCUT2D eigenvalue weighted by molar-refractivity contribution is 7.99. The van der Waals surface area contributed by atoms with E-state index in [9.17, 15) is 9.59 Å². The summed E-state index contributed by atoms with van der Waals surface area (Å²) in [5.74, 6) is 0.656. The number of hydrogen-bond donors (Lipinski definition) is 3. The van der Waals surface area contributed by atoms with Crippen molar-refractivity contribution in [2.75, 3.05) is 24.6 Å². The molecule has 0 saturated carbocycles. The number of carboxylic acid groups (broad SMARTS) is 1. The molecule has 1 unspecified atom stereocenters. The van der Waals surface area contributed by atoms with Gasteiger partial charge in [-0.3, -0.25) is 4.79 Å². The summed E-state index contributed by atoms with van der Waals surface area (Å²) >= 11 is 1.75. The summed E-state index contributed by atoms with van der Waals surface area (Å²) in [6, 6.07) is -0.149. The Morgan fingerprint density at radius 3 is 3.11 bits per heavy atom. The van der Waals surface area contributed by atoms with Crippen LogP contribution in [-0.4, -0.2) is 62.6 Å². The summed E-state index contributed by atoms with van der Waals surface area (Å²) in [6.45, 7) is 1.63. The lowest BCUT2D eigenvalue weighted by atomic mass is 10.3. The van der Waals surface area contributed by atoms with Crippen molar-refractivity contribution < 1.29 is 14.7 Å². The monoisotopic (exact) mass is 285 g/mol. The molecule has 1 aliphatic heterocycles. The van der Waals surface area contributed by atoms with E-state index in [1.54, 1.807) is 11.8 Å². The minimum atomic E-state index is -1.11. The Morgan fingerprint density at radius 2 is 2.47 bits per heavy atom. The Morgan fingerprint density at radius 1 is 1.63 bits per heavy atom. The van der Waals surface area contributed by atoms with Crippen molar-refractivity contribution in [2.24, 2.45) is 0 Å². The van der Waals surface area contributed by atoms with Crippen LogP contribution < -0.4 is 10.6 Å². The Balaban J connectivity index is 1.73. The van der Waals surface area contributed by atoms with Crippen molar-refractivity contribution in [1.29, 1.82) is 0 Å². The maximum Gasteiger partial charge on any atom is 0.358 e. The van der Waals surface area contributed by atoms with Gasteiger partial charge in [-0.1, -0.05) is 5.21 Å². The lowest BCUT2D eigenvalue weighted by Gasteiger charge is -2.22. The number of carbonyl (C=O) groups is 2. The van der Waals surface area contributed by atoms with Gasteiger partial charge in [-0.05, 0) is 0 Å². The summed E-state index contributed by atoms with van der Waals surface area (Å²) in [7, 11) is 0. The Hall–Kier alpha value is -1.61. The van der Waals surface area contributed by atoms with Gasteiger partial charge in [0.1, 0.15) is 0 Å². The number of carboxylic acids is 1. The van der Waals surface area contributed by atoms with Gasteiger partial charge < -0.3 is 15.7 Å². The Labute approximate surface area is 113 Å². The van der Waals surface area contributed by atoms with Crippen LogP contribution in [-0.2, 0) is 11.3 Å². The highest BCUT2D eigenvalue weighted by atomic mass is 32.2. The van der Waals surface area contributed by atoms with Crippen LogP contribution in [0, 0.1) is 0 Å². The first kappa shape index (κ1) is 13.8. The molecule has 19 heavy (non-hydrogen) atoms. The van der Waals surface area contributed by atoms with Gasteiger partial charge >= 0.3 is 5.97 Å². The maximum atomic E-state index is 11.8. The van der Waals surface area contributed by atoms with E-state index in [4.69, 9.17) is 5.11 Å². The van der Waals surface area contributed by atoms with Gasteiger partial charge in [0.2, 0.25) is 5.91 Å². The molecular formula is C10H15N5O3S. The van der Waals surface area contributed by atoms with Gasteiger partial charge in [0.25, 0.3) is 0 Å². The first-order valence-electron chi connectivity index (χ1n) is 5.89.